The van der Waals surface area contributed by atoms with Crippen LogP contribution < -0.4 is 5.32 Å². The van der Waals surface area contributed by atoms with Gasteiger partial charge in [-0.3, -0.25) is 9.59 Å². The zero-order valence-electron chi connectivity index (χ0n) is 11.7. The maximum absolute atomic E-state index is 12.1. The van der Waals surface area contributed by atoms with Crippen LogP contribution in [0.2, 0.25) is 0 Å². The Morgan fingerprint density at radius 1 is 1.26 bits per heavy atom. The van der Waals surface area contributed by atoms with Gasteiger partial charge in [-0.15, -0.1) is 0 Å². The molecule has 4 heteroatoms. The minimum Gasteiger partial charge on any atom is -0.481 e. The topological polar surface area (TPSA) is 66.4 Å². The number of hydrogen-bond donors (Lipinski definition) is 2. The van der Waals surface area contributed by atoms with E-state index >= 15 is 0 Å². The van der Waals surface area contributed by atoms with Gasteiger partial charge in [0.25, 0.3) is 5.91 Å². The van der Waals surface area contributed by atoms with Crippen LogP contribution in [0.5, 0.6) is 0 Å². The van der Waals surface area contributed by atoms with Gasteiger partial charge in [-0.2, -0.15) is 0 Å². The molecule has 1 rings (SSSR count). The minimum absolute atomic E-state index is 0.0391. The van der Waals surface area contributed by atoms with Gasteiger partial charge in [-0.05, 0) is 23.5 Å². The Kier molecular flexibility index (Phi) is 5.10. The van der Waals surface area contributed by atoms with Crippen LogP contribution in [0.4, 0.5) is 0 Å². The number of benzene rings is 1. The van der Waals surface area contributed by atoms with E-state index in [2.05, 4.69) is 26.1 Å². The fourth-order valence-electron chi connectivity index (χ4n) is 1.60. The third-order valence-electron chi connectivity index (χ3n) is 3.29. The predicted octanol–water partition coefficient (Wildman–Crippen LogP) is 2.48. The van der Waals surface area contributed by atoms with E-state index < -0.39 is 5.97 Å². The summed E-state index contributed by atoms with van der Waals surface area (Å²) in [5, 5.41) is 11.7. The Morgan fingerprint density at radius 2 is 1.89 bits per heavy atom. The number of carboxylic acid groups (broad SMARTS) is 1. The summed E-state index contributed by atoms with van der Waals surface area (Å²) in [5.41, 5.74) is 1.02. The van der Waals surface area contributed by atoms with Crippen molar-refractivity contribution in [1.29, 1.82) is 0 Å². The van der Waals surface area contributed by atoms with Crippen molar-refractivity contribution >= 4 is 11.9 Å². The first kappa shape index (κ1) is 15.2. The summed E-state index contributed by atoms with van der Waals surface area (Å²) in [4.78, 5) is 22.9. The highest BCUT2D eigenvalue weighted by Crippen LogP contribution is 2.18. The fourth-order valence-corrected chi connectivity index (χ4v) is 1.60. The highest BCUT2D eigenvalue weighted by molar-refractivity contribution is 5.96. The van der Waals surface area contributed by atoms with E-state index in [1.165, 1.54) is 0 Å². The van der Waals surface area contributed by atoms with E-state index in [9.17, 15) is 9.59 Å². The van der Waals surface area contributed by atoms with E-state index in [0.29, 0.717) is 17.7 Å². The summed E-state index contributed by atoms with van der Waals surface area (Å²) < 4.78 is 0. The number of carboxylic acids is 1. The molecular formula is C15H21NO3. The molecule has 1 amide bonds. The second kappa shape index (κ2) is 6.36. The van der Waals surface area contributed by atoms with Crippen LogP contribution in [-0.2, 0) is 11.2 Å². The summed E-state index contributed by atoms with van der Waals surface area (Å²) in [6, 6.07) is 6.82. The lowest BCUT2D eigenvalue weighted by molar-refractivity contribution is -0.136. The number of aliphatic carboxylic acids is 1. The maximum atomic E-state index is 12.1. The van der Waals surface area contributed by atoms with Crippen molar-refractivity contribution in [1.82, 2.24) is 5.32 Å². The van der Waals surface area contributed by atoms with Crippen molar-refractivity contribution in [2.45, 2.75) is 33.6 Å². The monoisotopic (exact) mass is 263 g/mol. The van der Waals surface area contributed by atoms with Crippen LogP contribution in [0.3, 0.4) is 0 Å². The Balaban J connectivity index is 2.79. The highest BCUT2D eigenvalue weighted by atomic mass is 16.4. The number of rotatable bonds is 6. The number of hydrogen-bond acceptors (Lipinski definition) is 2. The van der Waals surface area contributed by atoms with Gasteiger partial charge in [-0.25, -0.2) is 0 Å². The molecule has 0 aromatic heterocycles. The predicted molar refractivity (Wildman–Crippen MR) is 74.2 cm³/mol. The average Bonchev–Trinajstić information content (AvgIpc) is 2.36. The normalized spacial score (nSPS) is 11.1. The summed E-state index contributed by atoms with van der Waals surface area (Å²) in [6.07, 6.45) is 0.824. The first-order valence-electron chi connectivity index (χ1n) is 6.43. The molecule has 104 valence electrons. The summed E-state index contributed by atoms with van der Waals surface area (Å²) in [7, 11) is 0. The van der Waals surface area contributed by atoms with Crippen LogP contribution >= 0.6 is 0 Å². The van der Waals surface area contributed by atoms with Crippen LogP contribution in [0.25, 0.3) is 0 Å². The lowest BCUT2D eigenvalue weighted by Gasteiger charge is -2.23. The van der Waals surface area contributed by atoms with E-state index in [4.69, 9.17) is 5.11 Å². The van der Waals surface area contributed by atoms with Gasteiger partial charge >= 0.3 is 5.97 Å². The van der Waals surface area contributed by atoms with Crippen molar-refractivity contribution in [3.63, 3.8) is 0 Å². The Bertz CT molecular complexity index is 466. The number of nitrogens with one attached hydrogen (secondary N) is 1. The van der Waals surface area contributed by atoms with Gasteiger partial charge in [0.2, 0.25) is 0 Å². The van der Waals surface area contributed by atoms with Gasteiger partial charge in [0.15, 0.2) is 0 Å². The van der Waals surface area contributed by atoms with Crippen molar-refractivity contribution in [2.24, 2.45) is 5.41 Å². The standard InChI is InChI=1S/C15H21NO3/c1-4-15(2,3)10-16-14(19)12-8-6-5-7-11(12)9-13(17)18/h5-8H,4,9-10H2,1-3H3,(H,16,19)(H,17,18). The van der Waals surface area contributed by atoms with E-state index in [0.717, 1.165) is 6.42 Å². The van der Waals surface area contributed by atoms with Crippen LogP contribution in [0.1, 0.15) is 43.1 Å². The second-order valence-corrected chi connectivity index (χ2v) is 5.43. The maximum Gasteiger partial charge on any atom is 0.307 e. The van der Waals surface area contributed by atoms with Crippen LogP contribution in [-0.4, -0.2) is 23.5 Å². The van der Waals surface area contributed by atoms with Crippen molar-refractivity contribution < 1.29 is 14.7 Å². The largest absolute Gasteiger partial charge is 0.481 e. The van der Waals surface area contributed by atoms with Gasteiger partial charge in [0, 0.05) is 12.1 Å². The van der Waals surface area contributed by atoms with E-state index in [1.807, 2.05) is 0 Å². The molecule has 0 atom stereocenters. The number of carbonyl (C=O) groups excluding carboxylic acids is 1. The van der Waals surface area contributed by atoms with E-state index in [1.54, 1.807) is 24.3 Å². The zero-order chi connectivity index (χ0) is 14.5. The molecule has 4 nitrogen and oxygen atoms in total. The SMILES string of the molecule is CCC(C)(C)CNC(=O)c1ccccc1CC(=O)O. The third-order valence-corrected chi connectivity index (χ3v) is 3.29. The Labute approximate surface area is 113 Å². The first-order chi connectivity index (χ1) is 8.85. The summed E-state index contributed by atoms with van der Waals surface area (Å²) >= 11 is 0. The smallest absolute Gasteiger partial charge is 0.307 e. The molecule has 0 fully saturated rings. The molecule has 0 aliphatic carbocycles. The molecule has 19 heavy (non-hydrogen) atoms. The van der Waals surface area contributed by atoms with Crippen LogP contribution in [0.15, 0.2) is 24.3 Å². The molecule has 0 saturated carbocycles. The highest BCUT2D eigenvalue weighted by Gasteiger charge is 2.18. The molecule has 0 bridgehead atoms. The summed E-state index contributed by atoms with van der Waals surface area (Å²) in [6.45, 7) is 6.81. The van der Waals surface area contributed by atoms with Gasteiger partial charge < -0.3 is 10.4 Å². The number of carbonyl (C=O) groups is 2. The molecule has 0 radical (unpaired) electrons. The van der Waals surface area contributed by atoms with E-state index in [-0.39, 0.29) is 17.7 Å². The summed E-state index contributed by atoms with van der Waals surface area (Å²) in [5.74, 6) is -1.15. The second-order valence-electron chi connectivity index (χ2n) is 5.43. The van der Waals surface area contributed by atoms with Crippen molar-refractivity contribution in [2.75, 3.05) is 6.54 Å². The van der Waals surface area contributed by atoms with Crippen molar-refractivity contribution in [3.8, 4) is 0 Å². The molecule has 0 aliphatic heterocycles. The molecule has 0 spiro atoms. The first-order valence-corrected chi connectivity index (χ1v) is 6.43. The lowest BCUT2D eigenvalue weighted by atomic mass is 9.90. The molecule has 1 aromatic carbocycles. The molecule has 0 aliphatic rings. The molecule has 0 heterocycles. The molecule has 0 unspecified atom stereocenters. The fraction of sp³-hybridized carbons (Fsp3) is 0.467. The molecule has 2 N–H and O–H groups in total. The van der Waals surface area contributed by atoms with Gasteiger partial charge in [0.05, 0.1) is 6.42 Å². The third kappa shape index (κ3) is 4.73. The van der Waals surface area contributed by atoms with Gasteiger partial charge in [0.1, 0.15) is 0 Å². The Morgan fingerprint density at radius 3 is 2.47 bits per heavy atom. The average molecular weight is 263 g/mol. The zero-order valence-corrected chi connectivity index (χ0v) is 11.7. The molecule has 1 aromatic rings. The van der Waals surface area contributed by atoms with Gasteiger partial charge in [-0.1, -0.05) is 39.0 Å². The van der Waals surface area contributed by atoms with Crippen LogP contribution in [0, 0.1) is 5.41 Å². The Hall–Kier alpha value is -1.84. The number of amides is 1. The minimum atomic E-state index is -0.936. The molecular weight excluding hydrogens is 242 g/mol. The lowest BCUT2D eigenvalue weighted by Crippen LogP contribution is -2.34. The quantitative estimate of drug-likeness (QED) is 0.828. The molecule has 0 saturated heterocycles. The van der Waals surface area contributed by atoms with Crippen molar-refractivity contribution in [3.05, 3.63) is 35.4 Å².